The molecule has 8 nitrogen and oxygen atoms in total. The third-order valence-electron chi connectivity index (χ3n) is 6.24. The molecule has 8 heteroatoms. The Labute approximate surface area is 216 Å². The molecule has 1 fully saturated rings. The molecule has 0 radical (unpaired) electrons. The van der Waals surface area contributed by atoms with Crippen molar-refractivity contribution in [3.63, 3.8) is 0 Å². The van der Waals surface area contributed by atoms with Crippen molar-refractivity contribution in [3.05, 3.63) is 95.3 Å². The van der Waals surface area contributed by atoms with E-state index < -0.39 is 17.7 Å². The van der Waals surface area contributed by atoms with Crippen molar-refractivity contribution in [2.24, 2.45) is 0 Å². The van der Waals surface area contributed by atoms with Gasteiger partial charge in [-0.05, 0) is 62.5 Å². The monoisotopic (exact) mass is 501 g/mol. The summed E-state index contributed by atoms with van der Waals surface area (Å²) < 4.78 is 11.6. The first-order chi connectivity index (χ1) is 17.9. The zero-order chi connectivity index (χ0) is 26.4. The first kappa shape index (κ1) is 25.9. The molecule has 1 aromatic heterocycles. The number of nitrogens with zero attached hydrogens (tertiary/aromatic N) is 3. The van der Waals surface area contributed by atoms with Crippen LogP contribution >= 0.6 is 0 Å². The summed E-state index contributed by atoms with van der Waals surface area (Å²) in [5.74, 6) is -0.579. The van der Waals surface area contributed by atoms with E-state index in [0.29, 0.717) is 42.2 Å². The van der Waals surface area contributed by atoms with Crippen molar-refractivity contribution in [2.75, 3.05) is 34.3 Å². The fourth-order valence-electron chi connectivity index (χ4n) is 4.39. The number of hydrogen-bond acceptors (Lipinski definition) is 7. The van der Waals surface area contributed by atoms with Crippen LogP contribution in [0.3, 0.4) is 0 Å². The molecule has 0 spiro atoms. The van der Waals surface area contributed by atoms with Gasteiger partial charge in [0.2, 0.25) is 0 Å². The number of ketones is 1. The summed E-state index contributed by atoms with van der Waals surface area (Å²) in [7, 11) is 5.45. The molecular formula is C29H31N3O5. The Morgan fingerprint density at radius 3 is 2.43 bits per heavy atom. The lowest BCUT2D eigenvalue weighted by atomic mass is 9.95. The van der Waals surface area contributed by atoms with Gasteiger partial charge in [-0.1, -0.05) is 36.4 Å². The number of aliphatic hydroxyl groups excluding tert-OH is 1. The minimum atomic E-state index is -0.771. The van der Waals surface area contributed by atoms with Crippen LogP contribution in [0.2, 0.25) is 0 Å². The Bertz CT molecular complexity index is 1280. The Morgan fingerprint density at radius 1 is 1.03 bits per heavy atom. The Hall–Kier alpha value is -4.17. The highest BCUT2D eigenvalue weighted by atomic mass is 16.5. The summed E-state index contributed by atoms with van der Waals surface area (Å²) in [4.78, 5) is 33.9. The van der Waals surface area contributed by atoms with E-state index in [1.54, 1.807) is 37.4 Å². The smallest absolute Gasteiger partial charge is 0.295 e. The number of carbonyl (C=O) groups excluding carboxylic acids is 2. The molecule has 3 aromatic rings. The molecule has 192 valence electrons. The zero-order valence-electron chi connectivity index (χ0n) is 21.3. The summed E-state index contributed by atoms with van der Waals surface area (Å²) in [5, 5.41) is 11.2. The van der Waals surface area contributed by atoms with Crippen molar-refractivity contribution in [1.82, 2.24) is 14.8 Å². The van der Waals surface area contributed by atoms with Gasteiger partial charge in [0, 0.05) is 24.5 Å². The van der Waals surface area contributed by atoms with E-state index >= 15 is 0 Å². The van der Waals surface area contributed by atoms with E-state index in [0.717, 1.165) is 12.1 Å². The van der Waals surface area contributed by atoms with Gasteiger partial charge in [-0.3, -0.25) is 14.6 Å². The molecule has 1 N–H and O–H groups in total. The van der Waals surface area contributed by atoms with Crippen molar-refractivity contribution in [2.45, 2.75) is 19.1 Å². The molecule has 1 saturated heterocycles. The molecule has 1 aliphatic heterocycles. The number of hydrogen-bond donors (Lipinski definition) is 1. The van der Waals surface area contributed by atoms with Crippen LogP contribution in [-0.2, 0) is 16.2 Å². The molecule has 2 aromatic carbocycles. The fourth-order valence-corrected chi connectivity index (χ4v) is 4.39. The van der Waals surface area contributed by atoms with Crippen LogP contribution in [0, 0.1) is 0 Å². The highest BCUT2D eigenvalue weighted by Crippen LogP contribution is 2.42. The van der Waals surface area contributed by atoms with Crippen LogP contribution in [0.5, 0.6) is 11.5 Å². The van der Waals surface area contributed by atoms with E-state index in [-0.39, 0.29) is 11.3 Å². The van der Waals surface area contributed by atoms with Crippen LogP contribution in [-0.4, -0.2) is 65.9 Å². The van der Waals surface area contributed by atoms with Crippen molar-refractivity contribution in [3.8, 4) is 11.5 Å². The number of likely N-dealkylation sites (tertiary alicyclic amines) is 1. The van der Waals surface area contributed by atoms with Gasteiger partial charge in [0.05, 0.1) is 18.7 Å². The molecule has 0 saturated carbocycles. The van der Waals surface area contributed by atoms with Gasteiger partial charge in [0.25, 0.3) is 11.7 Å². The summed E-state index contributed by atoms with van der Waals surface area (Å²) in [6, 6.07) is 17.6. The lowest BCUT2D eigenvalue weighted by Crippen LogP contribution is -2.32. The number of benzene rings is 2. The van der Waals surface area contributed by atoms with Crippen molar-refractivity contribution in [1.29, 1.82) is 0 Å². The minimum absolute atomic E-state index is 0.0426. The molecular weight excluding hydrogens is 470 g/mol. The average Bonchev–Trinajstić information content (AvgIpc) is 3.17. The highest BCUT2D eigenvalue weighted by molar-refractivity contribution is 6.46. The highest BCUT2D eigenvalue weighted by Gasteiger charge is 2.46. The normalized spacial score (nSPS) is 16.9. The topological polar surface area (TPSA) is 92.2 Å². The van der Waals surface area contributed by atoms with E-state index in [1.807, 2.05) is 49.3 Å². The number of carbonyl (C=O) groups is 2. The predicted octanol–water partition coefficient (Wildman–Crippen LogP) is 4.04. The van der Waals surface area contributed by atoms with Crippen molar-refractivity contribution < 1.29 is 24.2 Å². The molecule has 4 rings (SSSR count). The van der Waals surface area contributed by atoms with E-state index in [9.17, 15) is 14.7 Å². The number of aliphatic hydroxyl groups is 1. The Kier molecular flexibility index (Phi) is 8.20. The van der Waals surface area contributed by atoms with Crippen LogP contribution < -0.4 is 9.47 Å². The Balaban J connectivity index is 1.72. The maximum atomic E-state index is 13.2. The minimum Gasteiger partial charge on any atom is -0.507 e. The van der Waals surface area contributed by atoms with Gasteiger partial charge >= 0.3 is 0 Å². The van der Waals surface area contributed by atoms with Crippen LogP contribution in [0.4, 0.5) is 0 Å². The van der Waals surface area contributed by atoms with Gasteiger partial charge in [-0.25, -0.2) is 0 Å². The van der Waals surface area contributed by atoms with Gasteiger partial charge in [-0.15, -0.1) is 0 Å². The maximum absolute atomic E-state index is 13.2. The fraction of sp³-hybridized carbons (Fsp3) is 0.276. The number of rotatable bonds is 10. The average molecular weight is 502 g/mol. The molecule has 37 heavy (non-hydrogen) atoms. The van der Waals surface area contributed by atoms with Gasteiger partial charge in [-0.2, -0.15) is 0 Å². The molecule has 1 unspecified atom stereocenters. The summed E-state index contributed by atoms with van der Waals surface area (Å²) in [6.45, 7) is 1.46. The number of pyridine rings is 1. The summed E-state index contributed by atoms with van der Waals surface area (Å²) >= 11 is 0. The lowest BCUT2D eigenvalue weighted by molar-refractivity contribution is -0.139. The SMILES string of the molecule is COc1cc(C2/C(=C(\O)c3ccncc3)C(=O)C(=O)N2CCCN(C)C)ccc1OCc1ccccc1. The number of ether oxygens (including phenoxy) is 2. The molecule has 2 heterocycles. The van der Waals surface area contributed by atoms with E-state index in [4.69, 9.17) is 9.47 Å². The van der Waals surface area contributed by atoms with Crippen molar-refractivity contribution >= 4 is 17.4 Å². The van der Waals surface area contributed by atoms with E-state index in [1.165, 1.54) is 17.3 Å². The second kappa shape index (κ2) is 11.7. The third kappa shape index (κ3) is 5.81. The second-order valence-corrected chi connectivity index (χ2v) is 9.07. The standard InChI is InChI=1S/C29H31N3O5/c1-31(2)16-7-17-32-26(25(28(34)29(32)35)27(33)21-12-14-30-15-13-21)22-10-11-23(24(18-22)36-3)37-19-20-8-5-4-6-9-20/h4-6,8-15,18,26,33H,7,16-17,19H2,1-3H3/b27-25+. The molecule has 1 atom stereocenters. The van der Waals surface area contributed by atoms with Crippen LogP contribution in [0.1, 0.15) is 29.2 Å². The number of amides is 1. The lowest BCUT2D eigenvalue weighted by Gasteiger charge is -2.26. The number of Topliss-reactive ketones (excluding diaryl/α,β-unsaturated/α-hetero) is 1. The first-order valence-corrected chi connectivity index (χ1v) is 12.1. The number of methoxy groups -OCH3 is 1. The molecule has 1 aliphatic rings. The summed E-state index contributed by atoms with van der Waals surface area (Å²) in [6.07, 6.45) is 3.72. The largest absolute Gasteiger partial charge is 0.507 e. The second-order valence-electron chi connectivity index (χ2n) is 9.07. The predicted molar refractivity (Wildman–Crippen MR) is 140 cm³/mol. The number of aromatic nitrogens is 1. The van der Waals surface area contributed by atoms with Crippen LogP contribution in [0.15, 0.2) is 78.6 Å². The van der Waals surface area contributed by atoms with Gasteiger partial charge < -0.3 is 24.4 Å². The van der Waals surface area contributed by atoms with Crippen LogP contribution in [0.25, 0.3) is 5.76 Å². The third-order valence-corrected chi connectivity index (χ3v) is 6.24. The first-order valence-electron chi connectivity index (χ1n) is 12.1. The van der Waals surface area contributed by atoms with Gasteiger partial charge in [0.15, 0.2) is 11.5 Å². The molecule has 0 aliphatic carbocycles. The Morgan fingerprint density at radius 2 is 1.76 bits per heavy atom. The molecule has 1 amide bonds. The quantitative estimate of drug-likeness (QED) is 0.255. The maximum Gasteiger partial charge on any atom is 0.295 e. The molecule has 0 bridgehead atoms. The van der Waals surface area contributed by atoms with Gasteiger partial charge in [0.1, 0.15) is 12.4 Å². The zero-order valence-corrected chi connectivity index (χ0v) is 21.3. The van der Waals surface area contributed by atoms with E-state index in [2.05, 4.69) is 4.98 Å². The summed E-state index contributed by atoms with van der Waals surface area (Å²) in [5.41, 5.74) is 2.12.